The molecule has 0 saturated heterocycles. The number of rotatable bonds is 10. The van der Waals surface area contributed by atoms with Crippen molar-refractivity contribution in [2.75, 3.05) is 26.0 Å². The molecule has 3 aromatic carbocycles. The highest BCUT2D eigenvalue weighted by molar-refractivity contribution is 7.86. The maximum absolute atomic E-state index is 12.7. The minimum absolute atomic E-state index is 0.0141. The maximum atomic E-state index is 12.7. The molecule has 0 aromatic heterocycles. The van der Waals surface area contributed by atoms with E-state index in [-0.39, 0.29) is 37.8 Å². The number of fused-ring (bicyclic) bond motifs is 3. The molecule has 194 valence electrons. The average Bonchev–Trinajstić information content (AvgIpc) is 3.18. The molecule has 1 atom stereocenters. The van der Waals surface area contributed by atoms with Crippen LogP contribution in [0.2, 0.25) is 0 Å². The molecule has 0 bridgehead atoms. The molecular formula is C28H29NO7S. The van der Waals surface area contributed by atoms with Crippen molar-refractivity contribution in [3.63, 3.8) is 0 Å². The van der Waals surface area contributed by atoms with Gasteiger partial charge in [-0.3, -0.25) is 4.79 Å². The molecule has 1 N–H and O–H groups in total. The Morgan fingerprint density at radius 2 is 1.57 bits per heavy atom. The summed E-state index contributed by atoms with van der Waals surface area (Å²) in [7, 11) is -3.72. The number of nitrogens with one attached hydrogen (secondary N) is 1. The van der Waals surface area contributed by atoms with Crippen LogP contribution in [0.1, 0.15) is 41.9 Å². The number of carbonyl (C=O) groups excluding carboxylic acids is 2. The van der Waals surface area contributed by atoms with E-state index in [0.29, 0.717) is 5.56 Å². The van der Waals surface area contributed by atoms with Crippen molar-refractivity contribution >= 4 is 22.2 Å². The van der Waals surface area contributed by atoms with Gasteiger partial charge in [-0.25, -0.2) is 4.79 Å². The van der Waals surface area contributed by atoms with E-state index >= 15 is 0 Å². The smallest absolute Gasteiger partial charge is 0.407 e. The largest absolute Gasteiger partial charge is 0.466 e. The third-order valence-corrected chi connectivity index (χ3v) is 6.63. The molecule has 1 aliphatic rings. The maximum Gasteiger partial charge on any atom is 0.407 e. The van der Waals surface area contributed by atoms with Crippen molar-refractivity contribution in [1.82, 2.24) is 5.32 Å². The molecule has 1 unspecified atom stereocenters. The van der Waals surface area contributed by atoms with Gasteiger partial charge in [-0.2, -0.15) is 8.42 Å². The van der Waals surface area contributed by atoms with E-state index in [9.17, 15) is 18.0 Å². The first kappa shape index (κ1) is 26.2. The summed E-state index contributed by atoms with van der Waals surface area (Å²) in [6.45, 7) is 2.18. The molecule has 9 heteroatoms. The second kappa shape index (κ2) is 11.5. The van der Waals surface area contributed by atoms with Crippen LogP contribution in [0.25, 0.3) is 11.1 Å². The first-order valence-electron chi connectivity index (χ1n) is 12.0. The molecule has 3 aromatic rings. The minimum atomic E-state index is -3.72. The van der Waals surface area contributed by atoms with Gasteiger partial charge in [0.2, 0.25) is 0 Å². The van der Waals surface area contributed by atoms with Crippen LogP contribution in [0.4, 0.5) is 4.79 Å². The molecule has 8 nitrogen and oxygen atoms in total. The molecule has 0 saturated carbocycles. The van der Waals surface area contributed by atoms with Crippen molar-refractivity contribution in [2.45, 2.75) is 25.2 Å². The lowest BCUT2D eigenvalue weighted by molar-refractivity contribution is -0.143. The Bertz CT molecular complexity index is 1340. The number of hydrogen-bond acceptors (Lipinski definition) is 7. The van der Waals surface area contributed by atoms with Gasteiger partial charge in [-0.05, 0) is 46.9 Å². The highest BCUT2D eigenvalue weighted by atomic mass is 32.2. The van der Waals surface area contributed by atoms with Crippen LogP contribution < -0.4 is 9.50 Å². The quantitative estimate of drug-likeness (QED) is 0.306. The summed E-state index contributed by atoms with van der Waals surface area (Å²) in [5.41, 5.74) is 5.11. The van der Waals surface area contributed by atoms with Gasteiger partial charge < -0.3 is 19.0 Å². The van der Waals surface area contributed by atoms with Crippen molar-refractivity contribution < 1.29 is 31.7 Å². The van der Waals surface area contributed by atoms with Crippen LogP contribution in [-0.2, 0) is 24.4 Å². The molecule has 37 heavy (non-hydrogen) atoms. The first-order chi connectivity index (χ1) is 17.7. The van der Waals surface area contributed by atoms with E-state index in [0.717, 1.165) is 28.5 Å². The summed E-state index contributed by atoms with van der Waals surface area (Å²) in [6.07, 6.45) is 0.327. The van der Waals surface area contributed by atoms with Gasteiger partial charge in [-0.15, -0.1) is 0 Å². The fourth-order valence-electron chi connectivity index (χ4n) is 4.58. The number of carbonyl (C=O) groups is 2. The highest BCUT2D eigenvalue weighted by Crippen LogP contribution is 2.44. The van der Waals surface area contributed by atoms with E-state index in [2.05, 4.69) is 17.4 Å². The van der Waals surface area contributed by atoms with Gasteiger partial charge >= 0.3 is 22.2 Å². The lowest BCUT2D eigenvalue weighted by atomic mass is 9.95. The van der Waals surface area contributed by atoms with Gasteiger partial charge in [0, 0.05) is 18.4 Å². The van der Waals surface area contributed by atoms with E-state index in [1.165, 1.54) is 12.1 Å². The summed E-state index contributed by atoms with van der Waals surface area (Å²) in [6, 6.07) is 22.5. The monoisotopic (exact) mass is 523 g/mol. The van der Waals surface area contributed by atoms with Gasteiger partial charge in [0.15, 0.2) is 0 Å². The Labute approximate surface area is 216 Å². The zero-order chi connectivity index (χ0) is 26.4. The lowest BCUT2D eigenvalue weighted by Crippen LogP contribution is -2.31. The Balaban J connectivity index is 1.43. The van der Waals surface area contributed by atoms with E-state index < -0.39 is 28.1 Å². The third-order valence-electron chi connectivity index (χ3n) is 6.13. The average molecular weight is 524 g/mol. The molecule has 0 fully saturated rings. The summed E-state index contributed by atoms with van der Waals surface area (Å²) in [5, 5.41) is 2.74. The van der Waals surface area contributed by atoms with Crippen LogP contribution in [0.5, 0.6) is 5.75 Å². The zero-order valence-electron chi connectivity index (χ0n) is 20.7. The number of amides is 1. The van der Waals surface area contributed by atoms with Gasteiger partial charge in [0.25, 0.3) is 0 Å². The predicted octanol–water partition coefficient (Wildman–Crippen LogP) is 4.60. The molecule has 0 spiro atoms. The highest BCUT2D eigenvalue weighted by Gasteiger charge is 2.29. The summed E-state index contributed by atoms with van der Waals surface area (Å²) in [4.78, 5) is 24.9. The van der Waals surface area contributed by atoms with Crippen molar-refractivity contribution in [1.29, 1.82) is 0 Å². The number of ether oxygens (including phenoxy) is 2. The first-order valence-corrected chi connectivity index (χ1v) is 13.8. The van der Waals surface area contributed by atoms with Crippen molar-refractivity contribution in [3.05, 3.63) is 89.5 Å². The van der Waals surface area contributed by atoms with Crippen LogP contribution in [0.15, 0.2) is 72.8 Å². The third kappa shape index (κ3) is 6.68. The van der Waals surface area contributed by atoms with Crippen LogP contribution in [0, 0.1) is 0 Å². The van der Waals surface area contributed by atoms with E-state index in [4.69, 9.17) is 13.7 Å². The second-order valence-corrected chi connectivity index (χ2v) is 10.3. The fourth-order valence-corrected chi connectivity index (χ4v) is 5.03. The van der Waals surface area contributed by atoms with Gasteiger partial charge in [0.05, 0.1) is 19.3 Å². The standard InChI is InChI=1S/C28H29NO7S/c1-3-34-27(30)16-20(19-9-8-10-21(15-19)36-37(2,32)33)17-29-28(31)35-18-26-24-13-6-4-11-22(24)23-12-5-7-14-25(23)26/h4-15,20,26H,3,16-18H2,1-2H3,(H,29,31). The molecule has 0 radical (unpaired) electrons. The second-order valence-electron chi connectivity index (χ2n) is 8.77. The lowest BCUT2D eigenvalue weighted by Gasteiger charge is -2.19. The SMILES string of the molecule is CCOC(=O)CC(CNC(=O)OCC1c2ccccc2-c2ccccc21)c1cccc(OS(C)(=O)=O)c1. The molecule has 0 aliphatic heterocycles. The zero-order valence-corrected chi connectivity index (χ0v) is 21.5. The molecule has 4 rings (SSSR count). The Morgan fingerprint density at radius 1 is 0.919 bits per heavy atom. The summed E-state index contributed by atoms with van der Waals surface area (Å²) in [5.74, 6) is -0.868. The summed E-state index contributed by atoms with van der Waals surface area (Å²) < 4.78 is 38.7. The minimum Gasteiger partial charge on any atom is -0.466 e. The normalized spacial score (nSPS) is 13.2. The predicted molar refractivity (Wildman–Crippen MR) is 139 cm³/mol. The van der Waals surface area contributed by atoms with Crippen LogP contribution >= 0.6 is 0 Å². The Morgan fingerprint density at radius 3 is 2.19 bits per heavy atom. The molecule has 1 aliphatic carbocycles. The van der Waals surface area contributed by atoms with Crippen molar-refractivity contribution in [2.24, 2.45) is 0 Å². The van der Waals surface area contributed by atoms with Crippen LogP contribution in [-0.4, -0.2) is 46.5 Å². The fraction of sp³-hybridized carbons (Fsp3) is 0.286. The number of hydrogen-bond donors (Lipinski definition) is 1. The van der Waals surface area contributed by atoms with E-state index in [1.807, 2.05) is 36.4 Å². The Hall–Kier alpha value is -3.85. The van der Waals surface area contributed by atoms with Gasteiger partial charge in [-0.1, -0.05) is 60.7 Å². The van der Waals surface area contributed by atoms with Crippen molar-refractivity contribution in [3.8, 4) is 16.9 Å². The molecule has 1 amide bonds. The van der Waals surface area contributed by atoms with Gasteiger partial charge in [0.1, 0.15) is 12.4 Å². The van der Waals surface area contributed by atoms with E-state index in [1.54, 1.807) is 19.1 Å². The number of benzene rings is 3. The molecular weight excluding hydrogens is 494 g/mol. The number of esters is 1. The Kier molecular flexibility index (Phi) is 8.13. The molecule has 0 heterocycles. The van der Waals surface area contributed by atoms with Crippen LogP contribution in [0.3, 0.4) is 0 Å². The topological polar surface area (TPSA) is 108 Å². The number of alkyl carbamates (subject to hydrolysis) is 1. The summed E-state index contributed by atoms with van der Waals surface area (Å²) >= 11 is 0.